The average Bonchev–Trinajstić information content (AvgIpc) is 3.11. The number of hydrogen-bond acceptors (Lipinski definition) is 5. The van der Waals surface area contributed by atoms with E-state index in [-0.39, 0.29) is 0 Å². The Balaban J connectivity index is 1.88. The third-order valence-corrected chi connectivity index (χ3v) is 6.01. The van der Waals surface area contributed by atoms with Crippen LogP contribution in [-0.2, 0) is 13.0 Å². The van der Waals surface area contributed by atoms with Gasteiger partial charge in [-0.15, -0.1) is 11.3 Å². The van der Waals surface area contributed by atoms with E-state index < -0.39 is 0 Å². The topological polar surface area (TPSA) is 33.2 Å². The molecule has 0 fully saturated rings. The zero-order valence-electron chi connectivity index (χ0n) is 11.8. The number of aromatic nitrogens is 1. The number of anilines is 1. The largest absolute Gasteiger partial charge is 0.343 e. The smallest absolute Gasteiger partial charge is 0.186 e. The van der Waals surface area contributed by atoms with E-state index >= 15 is 0 Å². The van der Waals surface area contributed by atoms with Gasteiger partial charge in [0.2, 0.25) is 0 Å². The van der Waals surface area contributed by atoms with Crippen LogP contribution in [0.4, 0.5) is 5.13 Å². The van der Waals surface area contributed by atoms with Crippen molar-refractivity contribution in [2.24, 2.45) is 0 Å². The van der Waals surface area contributed by atoms with Gasteiger partial charge in [-0.25, -0.2) is 4.98 Å². The van der Waals surface area contributed by atoms with E-state index in [9.17, 15) is 4.79 Å². The van der Waals surface area contributed by atoms with E-state index in [4.69, 9.17) is 4.98 Å². The summed E-state index contributed by atoms with van der Waals surface area (Å²) in [6.07, 6.45) is 3.06. The fourth-order valence-electron chi connectivity index (χ4n) is 2.51. The summed E-state index contributed by atoms with van der Waals surface area (Å²) in [5.74, 6) is 0.349. The highest BCUT2D eigenvalue weighted by Crippen LogP contribution is 2.34. The molecule has 106 valence electrons. The molecule has 0 saturated heterocycles. The Bertz CT molecular complexity index is 617. The van der Waals surface area contributed by atoms with Crippen LogP contribution in [0.1, 0.15) is 52.0 Å². The number of fused-ring (bicyclic) bond motifs is 1. The number of rotatable bonds is 4. The predicted octanol–water partition coefficient (Wildman–Crippen LogP) is 4.09. The van der Waals surface area contributed by atoms with Crippen LogP contribution < -0.4 is 4.90 Å². The highest BCUT2D eigenvalue weighted by Gasteiger charge is 2.23. The first kappa shape index (κ1) is 13.8. The third kappa shape index (κ3) is 2.40. The minimum atomic E-state index is 0.349. The molecule has 1 unspecified atom stereocenters. The van der Waals surface area contributed by atoms with Crippen molar-refractivity contribution in [1.82, 2.24) is 4.98 Å². The first-order valence-corrected chi connectivity index (χ1v) is 8.68. The zero-order valence-corrected chi connectivity index (χ0v) is 13.4. The highest BCUT2D eigenvalue weighted by atomic mass is 32.1. The number of hydrogen-bond donors (Lipinski definition) is 0. The van der Waals surface area contributed by atoms with Gasteiger partial charge >= 0.3 is 0 Å². The Morgan fingerprint density at radius 2 is 2.40 bits per heavy atom. The lowest BCUT2D eigenvalue weighted by Gasteiger charge is -2.26. The van der Waals surface area contributed by atoms with Crippen LogP contribution in [0, 0.1) is 0 Å². The molecule has 0 aromatic carbocycles. The molecule has 20 heavy (non-hydrogen) atoms. The van der Waals surface area contributed by atoms with Crippen LogP contribution in [0.5, 0.6) is 0 Å². The van der Waals surface area contributed by atoms with E-state index in [2.05, 4.69) is 30.2 Å². The van der Waals surface area contributed by atoms with Crippen molar-refractivity contribution in [3.05, 3.63) is 32.5 Å². The Morgan fingerprint density at radius 3 is 3.15 bits per heavy atom. The summed E-state index contributed by atoms with van der Waals surface area (Å²) in [5, 5.41) is 3.16. The number of nitrogens with zero attached hydrogens (tertiary/aromatic N) is 2. The molecule has 0 N–H and O–H groups in total. The predicted molar refractivity (Wildman–Crippen MR) is 85.3 cm³/mol. The maximum atomic E-state index is 11.3. The maximum absolute atomic E-state index is 11.3. The van der Waals surface area contributed by atoms with Gasteiger partial charge in [-0.3, -0.25) is 4.79 Å². The maximum Gasteiger partial charge on any atom is 0.186 e. The van der Waals surface area contributed by atoms with Crippen LogP contribution in [0.3, 0.4) is 0 Å². The van der Waals surface area contributed by atoms with E-state index in [0.717, 1.165) is 47.9 Å². The minimum Gasteiger partial charge on any atom is -0.343 e. The molecule has 0 bridgehead atoms. The quantitative estimate of drug-likeness (QED) is 0.798. The molecule has 0 amide bonds. The number of carbonyl (C=O) groups is 1. The summed E-state index contributed by atoms with van der Waals surface area (Å²) < 4.78 is 0. The standard InChI is InChI=1S/C15H18N2OS2/c1-3-10(2)14-13(9-18)20-15(16-14)17-6-4-12-11(8-17)5-7-19-12/h5,7,9-10H,3-4,6,8H2,1-2H3. The molecule has 3 nitrogen and oxygen atoms in total. The first-order chi connectivity index (χ1) is 9.72. The fourth-order valence-corrected chi connectivity index (χ4v) is 4.42. The molecule has 1 aliphatic heterocycles. The van der Waals surface area contributed by atoms with Gasteiger partial charge in [-0.2, -0.15) is 0 Å². The number of thiazole rings is 1. The molecule has 0 saturated carbocycles. The van der Waals surface area contributed by atoms with Crippen molar-refractivity contribution < 1.29 is 4.79 Å². The summed E-state index contributed by atoms with van der Waals surface area (Å²) >= 11 is 3.38. The number of thiophene rings is 1. The van der Waals surface area contributed by atoms with Gasteiger partial charge in [-0.1, -0.05) is 25.2 Å². The normalized spacial score (nSPS) is 16.0. The van der Waals surface area contributed by atoms with Gasteiger partial charge < -0.3 is 4.90 Å². The summed E-state index contributed by atoms with van der Waals surface area (Å²) in [4.78, 5) is 20.6. The van der Waals surface area contributed by atoms with E-state index in [0.29, 0.717) is 5.92 Å². The first-order valence-electron chi connectivity index (χ1n) is 6.99. The molecule has 0 radical (unpaired) electrons. The van der Waals surface area contributed by atoms with Gasteiger partial charge in [0.25, 0.3) is 0 Å². The second-order valence-corrected chi connectivity index (χ2v) is 7.22. The fraction of sp³-hybridized carbons (Fsp3) is 0.467. The van der Waals surface area contributed by atoms with Crippen molar-refractivity contribution in [2.75, 3.05) is 11.4 Å². The molecule has 0 aliphatic carbocycles. The van der Waals surface area contributed by atoms with Crippen LogP contribution in [0.2, 0.25) is 0 Å². The van der Waals surface area contributed by atoms with E-state index in [1.165, 1.54) is 21.8 Å². The molecule has 2 aromatic heterocycles. The second kappa shape index (κ2) is 5.66. The molecule has 3 heterocycles. The number of carbonyl (C=O) groups excluding carboxylic acids is 1. The van der Waals surface area contributed by atoms with Crippen LogP contribution in [0.25, 0.3) is 0 Å². The van der Waals surface area contributed by atoms with Crippen molar-refractivity contribution in [1.29, 1.82) is 0 Å². The highest BCUT2D eigenvalue weighted by molar-refractivity contribution is 7.17. The summed E-state index contributed by atoms with van der Waals surface area (Å²) in [5.41, 5.74) is 2.38. The van der Waals surface area contributed by atoms with Crippen LogP contribution in [-0.4, -0.2) is 17.8 Å². The van der Waals surface area contributed by atoms with Crippen molar-refractivity contribution >= 4 is 34.1 Å². The SMILES string of the molecule is CCC(C)c1nc(N2CCc3sccc3C2)sc1C=O. The lowest BCUT2D eigenvalue weighted by atomic mass is 10.0. The summed E-state index contributed by atoms with van der Waals surface area (Å²) in [7, 11) is 0. The minimum absolute atomic E-state index is 0.349. The summed E-state index contributed by atoms with van der Waals surface area (Å²) in [6, 6.07) is 2.20. The Morgan fingerprint density at radius 1 is 1.55 bits per heavy atom. The molecule has 1 atom stereocenters. The monoisotopic (exact) mass is 306 g/mol. The zero-order chi connectivity index (χ0) is 14.1. The average molecular weight is 306 g/mol. The molecule has 3 rings (SSSR count). The Hall–Kier alpha value is -1.20. The van der Waals surface area contributed by atoms with Crippen molar-refractivity contribution in [2.45, 2.75) is 39.2 Å². The second-order valence-electron chi connectivity index (χ2n) is 5.21. The van der Waals surface area contributed by atoms with Gasteiger partial charge in [0.15, 0.2) is 11.4 Å². The Kier molecular flexibility index (Phi) is 3.89. The molecule has 1 aliphatic rings. The van der Waals surface area contributed by atoms with Crippen molar-refractivity contribution in [3.63, 3.8) is 0 Å². The molecular formula is C15H18N2OS2. The molecule has 0 spiro atoms. The lowest BCUT2D eigenvalue weighted by molar-refractivity contribution is 0.112. The third-order valence-electron chi connectivity index (χ3n) is 3.93. The number of aldehydes is 1. The molecule has 2 aromatic rings. The van der Waals surface area contributed by atoms with Crippen LogP contribution >= 0.6 is 22.7 Å². The van der Waals surface area contributed by atoms with Gasteiger partial charge in [0, 0.05) is 18.0 Å². The lowest BCUT2D eigenvalue weighted by Crippen LogP contribution is -2.29. The van der Waals surface area contributed by atoms with Gasteiger partial charge in [-0.05, 0) is 35.8 Å². The summed E-state index contributed by atoms with van der Waals surface area (Å²) in [6.45, 7) is 6.19. The Labute approximate surface area is 127 Å². The molecule has 5 heteroatoms. The van der Waals surface area contributed by atoms with Gasteiger partial charge in [0.1, 0.15) is 0 Å². The van der Waals surface area contributed by atoms with Crippen molar-refractivity contribution in [3.8, 4) is 0 Å². The molecular weight excluding hydrogens is 288 g/mol. The van der Waals surface area contributed by atoms with E-state index in [1.807, 2.05) is 11.3 Å². The van der Waals surface area contributed by atoms with Gasteiger partial charge in [0.05, 0.1) is 10.6 Å². The van der Waals surface area contributed by atoms with E-state index in [1.54, 1.807) is 0 Å². The van der Waals surface area contributed by atoms with Crippen LogP contribution in [0.15, 0.2) is 11.4 Å².